The summed E-state index contributed by atoms with van der Waals surface area (Å²) in [5, 5.41) is 13.4. The summed E-state index contributed by atoms with van der Waals surface area (Å²) >= 11 is 0. The number of fused-ring (bicyclic) bond motifs is 2. The molecule has 2 saturated heterocycles. The quantitative estimate of drug-likeness (QED) is 0.792. The zero-order valence-corrected chi connectivity index (χ0v) is 8.67. The normalized spacial score (nSPS) is 35.9. The van der Waals surface area contributed by atoms with E-state index in [-0.39, 0.29) is 6.10 Å². The highest BCUT2D eigenvalue weighted by molar-refractivity contribution is 5.00. The van der Waals surface area contributed by atoms with Crippen molar-refractivity contribution in [2.24, 2.45) is 0 Å². The first-order chi connectivity index (χ1) is 7.33. The second-order valence-corrected chi connectivity index (χ2v) is 4.66. The molecule has 2 atom stereocenters. The van der Waals surface area contributed by atoms with E-state index in [1.165, 1.54) is 12.8 Å². The molecule has 0 radical (unpaired) electrons. The minimum atomic E-state index is -0.0894. The lowest BCUT2D eigenvalue weighted by molar-refractivity contribution is 0.0266. The van der Waals surface area contributed by atoms with Crippen LogP contribution in [0.1, 0.15) is 31.4 Å². The van der Waals surface area contributed by atoms with Crippen LogP contribution in [0, 0.1) is 0 Å². The smallest absolute Gasteiger partial charge is 0.150 e. The molecule has 3 rings (SSSR count). The van der Waals surface area contributed by atoms with Gasteiger partial charge in [0.05, 0.1) is 18.8 Å². The Morgan fingerprint density at radius 3 is 2.73 bits per heavy atom. The maximum atomic E-state index is 9.67. The van der Waals surface area contributed by atoms with Gasteiger partial charge >= 0.3 is 0 Å². The lowest BCUT2D eigenvalue weighted by Gasteiger charge is -2.36. The third-order valence-electron chi connectivity index (χ3n) is 3.69. The van der Waals surface area contributed by atoms with Gasteiger partial charge in [-0.15, -0.1) is 0 Å². The van der Waals surface area contributed by atoms with Gasteiger partial charge in [-0.25, -0.2) is 0 Å². The zero-order chi connectivity index (χ0) is 10.3. The fourth-order valence-electron chi connectivity index (χ4n) is 3.01. The maximum absolute atomic E-state index is 9.67. The molecule has 2 unspecified atom stereocenters. The van der Waals surface area contributed by atoms with E-state index in [2.05, 4.69) is 10.1 Å². The van der Waals surface area contributed by atoms with Crippen LogP contribution >= 0.6 is 0 Å². The van der Waals surface area contributed by atoms with Crippen LogP contribution in [0.3, 0.4) is 0 Å². The number of piperidine rings is 1. The van der Waals surface area contributed by atoms with Gasteiger partial charge in [0.2, 0.25) is 0 Å². The van der Waals surface area contributed by atoms with Crippen LogP contribution in [0.4, 0.5) is 0 Å². The molecule has 2 aliphatic heterocycles. The molecule has 0 spiro atoms. The topological polar surface area (TPSA) is 49.5 Å². The first-order valence-electron chi connectivity index (χ1n) is 5.66. The predicted molar refractivity (Wildman–Crippen MR) is 54.1 cm³/mol. The van der Waals surface area contributed by atoms with Gasteiger partial charge < -0.3 is 9.63 Å². The molecular weight excluding hydrogens is 192 g/mol. The second-order valence-electron chi connectivity index (χ2n) is 4.66. The van der Waals surface area contributed by atoms with Gasteiger partial charge in [0.25, 0.3) is 0 Å². The molecule has 3 heterocycles. The molecule has 0 aliphatic carbocycles. The van der Waals surface area contributed by atoms with Crippen molar-refractivity contribution in [2.75, 3.05) is 0 Å². The highest BCUT2D eigenvalue weighted by atomic mass is 16.5. The first-order valence-corrected chi connectivity index (χ1v) is 5.66. The third kappa shape index (κ3) is 1.68. The van der Waals surface area contributed by atoms with E-state index >= 15 is 0 Å². The second kappa shape index (κ2) is 3.61. The summed E-state index contributed by atoms with van der Waals surface area (Å²) in [4.78, 5) is 2.47. The zero-order valence-electron chi connectivity index (χ0n) is 8.67. The number of hydrogen-bond acceptors (Lipinski definition) is 4. The van der Waals surface area contributed by atoms with Gasteiger partial charge in [-0.1, -0.05) is 5.16 Å². The average Bonchev–Trinajstić information content (AvgIpc) is 2.77. The van der Waals surface area contributed by atoms with Gasteiger partial charge in [0.15, 0.2) is 5.76 Å². The van der Waals surface area contributed by atoms with Gasteiger partial charge in [-0.2, -0.15) is 0 Å². The molecule has 82 valence electrons. The van der Waals surface area contributed by atoms with Crippen LogP contribution in [0.5, 0.6) is 0 Å². The summed E-state index contributed by atoms with van der Waals surface area (Å²) in [5.41, 5.74) is 0. The first kappa shape index (κ1) is 9.36. The van der Waals surface area contributed by atoms with Crippen LogP contribution < -0.4 is 0 Å². The van der Waals surface area contributed by atoms with E-state index < -0.39 is 0 Å². The van der Waals surface area contributed by atoms with Crippen molar-refractivity contribution >= 4 is 0 Å². The summed E-state index contributed by atoms with van der Waals surface area (Å²) in [6.45, 7) is 0.849. The molecule has 0 aromatic carbocycles. The lowest BCUT2D eigenvalue weighted by atomic mass is 10.00. The molecule has 4 heteroatoms. The Morgan fingerprint density at radius 1 is 1.40 bits per heavy atom. The number of hydrogen-bond donors (Lipinski definition) is 1. The Labute approximate surface area is 88.9 Å². The van der Waals surface area contributed by atoms with Crippen LogP contribution in [-0.2, 0) is 6.54 Å². The van der Waals surface area contributed by atoms with E-state index in [0.717, 1.165) is 25.1 Å². The van der Waals surface area contributed by atoms with Crippen LogP contribution in [0.25, 0.3) is 0 Å². The Balaban J connectivity index is 1.72. The van der Waals surface area contributed by atoms with E-state index in [4.69, 9.17) is 4.52 Å². The summed E-state index contributed by atoms with van der Waals surface area (Å²) in [5.74, 6) is 0.934. The van der Waals surface area contributed by atoms with Crippen molar-refractivity contribution in [2.45, 2.75) is 50.4 Å². The standard InChI is InChI=1S/C11H16N2O2/c14-10-5-8-1-2-9(6-10)13(8)7-11-3-4-12-15-11/h3-4,8-10,14H,1-2,5-7H2. The molecule has 2 bridgehead atoms. The van der Waals surface area contributed by atoms with Gasteiger partial charge in [0, 0.05) is 18.2 Å². The number of nitrogens with zero attached hydrogens (tertiary/aromatic N) is 2. The van der Waals surface area contributed by atoms with Crippen molar-refractivity contribution in [1.82, 2.24) is 10.1 Å². The van der Waals surface area contributed by atoms with E-state index in [1.54, 1.807) is 6.20 Å². The molecule has 1 aromatic rings. The highest BCUT2D eigenvalue weighted by Gasteiger charge is 2.40. The number of aromatic nitrogens is 1. The fraction of sp³-hybridized carbons (Fsp3) is 0.727. The van der Waals surface area contributed by atoms with Crippen LogP contribution in [0.15, 0.2) is 16.8 Å². The van der Waals surface area contributed by atoms with Crippen molar-refractivity contribution in [3.05, 3.63) is 18.0 Å². The minimum absolute atomic E-state index is 0.0894. The summed E-state index contributed by atoms with van der Waals surface area (Å²) in [6.07, 6.45) is 5.88. The van der Waals surface area contributed by atoms with E-state index in [1.807, 2.05) is 6.07 Å². The molecule has 2 aliphatic rings. The van der Waals surface area contributed by atoms with Crippen molar-refractivity contribution in [1.29, 1.82) is 0 Å². The molecular formula is C11H16N2O2. The van der Waals surface area contributed by atoms with E-state index in [9.17, 15) is 5.11 Å². The number of aliphatic hydroxyl groups is 1. The number of aliphatic hydroxyl groups excluding tert-OH is 1. The van der Waals surface area contributed by atoms with Crippen molar-refractivity contribution < 1.29 is 9.63 Å². The molecule has 0 amide bonds. The van der Waals surface area contributed by atoms with Crippen molar-refractivity contribution in [3.8, 4) is 0 Å². The molecule has 0 saturated carbocycles. The summed E-state index contributed by atoms with van der Waals surface area (Å²) in [6, 6.07) is 3.01. The van der Waals surface area contributed by atoms with Gasteiger partial charge in [-0.3, -0.25) is 4.90 Å². The Hall–Kier alpha value is -0.870. The van der Waals surface area contributed by atoms with Gasteiger partial charge in [0.1, 0.15) is 0 Å². The average molecular weight is 208 g/mol. The lowest BCUT2D eigenvalue weighted by Crippen LogP contribution is -2.43. The third-order valence-corrected chi connectivity index (χ3v) is 3.69. The highest BCUT2D eigenvalue weighted by Crippen LogP contribution is 2.36. The van der Waals surface area contributed by atoms with Crippen molar-refractivity contribution in [3.63, 3.8) is 0 Å². The largest absolute Gasteiger partial charge is 0.393 e. The van der Waals surface area contributed by atoms with Gasteiger partial charge in [-0.05, 0) is 25.7 Å². The Kier molecular flexibility index (Phi) is 2.25. The monoisotopic (exact) mass is 208 g/mol. The predicted octanol–water partition coefficient (Wildman–Crippen LogP) is 1.16. The van der Waals surface area contributed by atoms with E-state index in [0.29, 0.717) is 12.1 Å². The van der Waals surface area contributed by atoms with Crippen LogP contribution in [-0.4, -0.2) is 33.4 Å². The molecule has 1 N–H and O–H groups in total. The fourth-order valence-corrected chi connectivity index (χ4v) is 3.01. The molecule has 15 heavy (non-hydrogen) atoms. The maximum Gasteiger partial charge on any atom is 0.150 e. The molecule has 2 fully saturated rings. The molecule has 4 nitrogen and oxygen atoms in total. The minimum Gasteiger partial charge on any atom is -0.393 e. The number of rotatable bonds is 2. The SMILES string of the molecule is OC1CC2CCC(C1)N2Cc1ccno1. The van der Waals surface area contributed by atoms with Crippen LogP contribution in [0.2, 0.25) is 0 Å². The Bertz CT molecular complexity index is 311. The Morgan fingerprint density at radius 2 is 2.13 bits per heavy atom. The summed E-state index contributed by atoms with van der Waals surface area (Å²) < 4.78 is 5.13. The molecule has 1 aromatic heterocycles. The summed E-state index contributed by atoms with van der Waals surface area (Å²) in [7, 11) is 0.